The molecule has 0 spiro atoms. The van der Waals surface area contributed by atoms with Crippen LogP contribution in [0.4, 0.5) is 5.69 Å². The van der Waals surface area contributed by atoms with E-state index in [9.17, 15) is 13.2 Å². The minimum atomic E-state index is -3.55. The van der Waals surface area contributed by atoms with E-state index in [0.29, 0.717) is 11.4 Å². The molecule has 0 saturated heterocycles. The number of benzene rings is 1. The lowest BCUT2D eigenvalue weighted by molar-refractivity contribution is -0.119. The SMILES string of the molecule is CN(c1ccc(OCC(N)=O)cc1)S(=O)(=O)c1cccs1. The van der Waals surface area contributed by atoms with Gasteiger partial charge in [0.2, 0.25) is 0 Å². The fourth-order valence-corrected chi connectivity index (χ4v) is 3.95. The Labute approximate surface area is 126 Å². The lowest BCUT2D eigenvalue weighted by Crippen LogP contribution is -2.25. The van der Waals surface area contributed by atoms with Crippen molar-refractivity contribution in [2.45, 2.75) is 4.21 Å². The summed E-state index contributed by atoms with van der Waals surface area (Å²) in [6, 6.07) is 9.60. The predicted octanol–water partition coefficient (Wildman–Crippen LogP) is 1.44. The number of thiophene rings is 1. The second-order valence-electron chi connectivity index (χ2n) is 4.15. The lowest BCUT2D eigenvalue weighted by atomic mass is 10.3. The van der Waals surface area contributed by atoms with Crippen molar-refractivity contribution < 1.29 is 17.9 Å². The molecule has 1 aromatic carbocycles. The molecule has 0 unspecified atom stereocenters. The van der Waals surface area contributed by atoms with Crippen molar-refractivity contribution in [1.82, 2.24) is 0 Å². The predicted molar refractivity (Wildman–Crippen MR) is 81.0 cm³/mol. The highest BCUT2D eigenvalue weighted by atomic mass is 32.2. The third-order valence-electron chi connectivity index (χ3n) is 2.69. The number of carbonyl (C=O) groups is 1. The maximum absolute atomic E-state index is 12.3. The Morgan fingerprint density at radius 1 is 1.29 bits per heavy atom. The molecular formula is C13H14N2O4S2. The van der Waals surface area contributed by atoms with Crippen LogP contribution in [0.2, 0.25) is 0 Å². The van der Waals surface area contributed by atoms with Crippen molar-refractivity contribution in [3.8, 4) is 5.75 Å². The Hall–Kier alpha value is -2.06. The molecule has 21 heavy (non-hydrogen) atoms. The molecule has 1 amide bonds. The molecule has 8 heteroatoms. The second kappa shape index (κ2) is 6.15. The van der Waals surface area contributed by atoms with E-state index in [1.807, 2.05) is 0 Å². The van der Waals surface area contributed by atoms with E-state index in [0.717, 1.165) is 11.3 Å². The summed E-state index contributed by atoms with van der Waals surface area (Å²) in [5.74, 6) is -0.129. The summed E-state index contributed by atoms with van der Waals surface area (Å²) in [5.41, 5.74) is 5.47. The zero-order valence-corrected chi connectivity index (χ0v) is 12.9. The van der Waals surface area contributed by atoms with Crippen LogP contribution in [-0.4, -0.2) is 28.0 Å². The highest BCUT2D eigenvalue weighted by Gasteiger charge is 2.22. The number of anilines is 1. The topological polar surface area (TPSA) is 89.7 Å². The van der Waals surface area contributed by atoms with Gasteiger partial charge in [-0.15, -0.1) is 11.3 Å². The van der Waals surface area contributed by atoms with Crippen molar-refractivity contribution in [2.75, 3.05) is 18.0 Å². The maximum Gasteiger partial charge on any atom is 0.273 e. The van der Waals surface area contributed by atoms with E-state index in [1.54, 1.807) is 41.8 Å². The molecule has 0 saturated carbocycles. The van der Waals surface area contributed by atoms with E-state index in [-0.39, 0.29) is 10.8 Å². The number of ether oxygens (including phenoxy) is 1. The smallest absolute Gasteiger partial charge is 0.273 e. The first-order valence-corrected chi connectivity index (χ1v) is 8.27. The standard InChI is InChI=1S/C13H14N2O4S2/c1-15(21(17,18)13-3-2-8-20-13)10-4-6-11(7-5-10)19-9-12(14)16/h2-8H,9H2,1H3,(H2,14,16). The molecule has 0 aliphatic carbocycles. The lowest BCUT2D eigenvalue weighted by Gasteiger charge is -2.18. The molecule has 0 radical (unpaired) electrons. The van der Waals surface area contributed by atoms with Gasteiger partial charge in [-0.3, -0.25) is 9.10 Å². The minimum absolute atomic E-state index is 0.220. The third-order valence-corrected chi connectivity index (χ3v) is 5.85. The van der Waals surface area contributed by atoms with Gasteiger partial charge in [0.05, 0.1) is 5.69 Å². The van der Waals surface area contributed by atoms with Crippen LogP contribution in [-0.2, 0) is 14.8 Å². The van der Waals surface area contributed by atoms with Gasteiger partial charge in [0.1, 0.15) is 9.96 Å². The van der Waals surface area contributed by atoms with Crippen LogP contribution >= 0.6 is 11.3 Å². The summed E-state index contributed by atoms with van der Waals surface area (Å²) in [6.07, 6.45) is 0. The number of amides is 1. The summed E-state index contributed by atoms with van der Waals surface area (Å²) in [4.78, 5) is 10.6. The Bertz CT molecular complexity index is 709. The zero-order chi connectivity index (χ0) is 15.5. The normalized spacial score (nSPS) is 11.1. The summed E-state index contributed by atoms with van der Waals surface area (Å²) in [6.45, 7) is -0.220. The molecule has 0 aliphatic heterocycles. The monoisotopic (exact) mass is 326 g/mol. The Morgan fingerprint density at radius 2 is 1.95 bits per heavy atom. The molecule has 0 atom stereocenters. The number of hydrogen-bond donors (Lipinski definition) is 1. The average molecular weight is 326 g/mol. The van der Waals surface area contributed by atoms with Crippen molar-refractivity contribution in [3.63, 3.8) is 0 Å². The van der Waals surface area contributed by atoms with E-state index in [4.69, 9.17) is 10.5 Å². The van der Waals surface area contributed by atoms with Crippen molar-refractivity contribution >= 4 is 33.0 Å². The van der Waals surface area contributed by atoms with Crippen LogP contribution in [0.3, 0.4) is 0 Å². The van der Waals surface area contributed by atoms with Crippen LogP contribution < -0.4 is 14.8 Å². The molecule has 112 valence electrons. The van der Waals surface area contributed by atoms with Crippen LogP contribution in [0.5, 0.6) is 5.75 Å². The number of nitrogens with zero attached hydrogens (tertiary/aromatic N) is 1. The molecule has 1 heterocycles. The van der Waals surface area contributed by atoms with Gasteiger partial charge in [-0.1, -0.05) is 6.07 Å². The van der Waals surface area contributed by atoms with E-state index < -0.39 is 15.9 Å². The molecule has 0 aliphatic rings. The highest BCUT2D eigenvalue weighted by molar-refractivity contribution is 7.94. The molecule has 6 nitrogen and oxygen atoms in total. The summed E-state index contributed by atoms with van der Waals surface area (Å²) >= 11 is 1.16. The van der Waals surface area contributed by atoms with Crippen LogP contribution in [0.25, 0.3) is 0 Å². The van der Waals surface area contributed by atoms with E-state index in [2.05, 4.69) is 0 Å². The number of rotatable bonds is 6. The quantitative estimate of drug-likeness (QED) is 0.869. The van der Waals surface area contributed by atoms with Crippen LogP contribution in [0.1, 0.15) is 0 Å². The van der Waals surface area contributed by atoms with Crippen LogP contribution in [0.15, 0.2) is 46.0 Å². The van der Waals surface area contributed by atoms with E-state index >= 15 is 0 Å². The largest absolute Gasteiger partial charge is 0.484 e. The second-order valence-corrected chi connectivity index (χ2v) is 7.30. The number of carbonyl (C=O) groups excluding carboxylic acids is 1. The summed E-state index contributed by atoms with van der Waals surface area (Å²) in [5, 5.41) is 1.71. The van der Waals surface area contributed by atoms with Gasteiger partial charge in [0, 0.05) is 7.05 Å². The Morgan fingerprint density at radius 3 is 2.48 bits per heavy atom. The van der Waals surface area contributed by atoms with Crippen LogP contribution in [0, 0.1) is 0 Å². The molecule has 0 fully saturated rings. The molecule has 2 rings (SSSR count). The van der Waals surface area contributed by atoms with Gasteiger partial charge in [-0.05, 0) is 35.7 Å². The van der Waals surface area contributed by atoms with Gasteiger partial charge in [-0.2, -0.15) is 0 Å². The summed E-state index contributed by atoms with van der Waals surface area (Å²) in [7, 11) is -2.07. The van der Waals surface area contributed by atoms with Crippen molar-refractivity contribution in [1.29, 1.82) is 0 Å². The maximum atomic E-state index is 12.3. The van der Waals surface area contributed by atoms with Gasteiger partial charge in [-0.25, -0.2) is 8.42 Å². The molecule has 0 bridgehead atoms. The molecule has 2 aromatic rings. The van der Waals surface area contributed by atoms with Gasteiger partial charge in [0.15, 0.2) is 6.61 Å². The van der Waals surface area contributed by atoms with Crippen molar-refractivity contribution in [2.24, 2.45) is 5.73 Å². The van der Waals surface area contributed by atoms with Crippen molar-refractivity contribution in [3.05, 3.63) is 41.8 Å². The third kappa shape index (κ3) is 3.53. The number of sulfonamides is 1. The zero-order valence-electron chi connectivity index (χ0n) is 11.2. The Kier molecular flexibility index (Phi) is 4.49. The fourth-order valence-electron chi connectivity index (χ4n) is 1.59. The first kappa shape index (κ1) is 15.3. The average Bonchev–Trinajstić information content (AvgIpc) is 2.99. The number of nitrogens with two attached hydrogens (primary N) is 1. The number of hydrogen-bond acceptors (Lipinski definition) is 5. The molecular weight excluding hydrogens is 312 g/mol. The van der Waals surface area contributed by atoms with Gasteiger partial charge >= 0.3 is 0 Å². The van der Waals surface area contributed by atoms with Gasteiger partial charge < -0.3 is 10.5 Å². The Balaban J connectivity index is 2.17. The fraction of sp³-hybridized carbons (Fsp3) is 0.154. The first-order valence-electron chi connectivity index (χ1n) is 5.95. The highest BCUT2D eigenvalue weighted by Crippen LogP contribution is 2.26. The summed E-state index contributed by atoms with van der Waals surface area (Å²) < 4.78 is 31.3. The first-order chi connectivity index (χ1) is 9.91. The minimum Gasteiger partial charge on any atom is -0.484 e. The van der Waals surface area contributed by atoms with Gasteiger partial charge in [0.25, 0.3) is 15.9 Å². The van der Waals surface area contributed by atoms with E-state index in [1.165, 1.54) is 11.4 Å². The molecule has 2 N–H and O–H groups in total. The number of primary amides is 1. The molecule has 1 aromatic heterocycles.